The van der Waals surface area contributed by atoms with Gasteiger partial charge in [0.15, 0.2) is 5.65 Å². The highest BCUT2D eigenvalue weighted by Crippen LogP contribution is 2.42. The van der Waals surface area contributed by atoms with Crippen LogP contribution in [0.2, 0.25) is 0 Å². The van der Waals surface area contributed by atoms with E-state index in [2.05, 4.69) is 21.1 Å². The van der Waals surface area contributed by atoms with Crippen molar-refractivity contribution in [3.05, 3.63) is 33.4 Å². The molecule has 5 rings (SSSR count). The van der Waals surface area contributed by atoms with Gasteiger partial charge in [0.2, 0.25) is 0 Å². The summed E-state index contributed by atoms with van der Waals surface area (Å²) in [5.74, 6) is 1.81. The van der Waals surface area contributed by atoms with Gasteiger partial charge in [0.05, 0.1) is 5.69 Å². The van der Waals surface area contributed by atoms with Gasteiger partial charge >= 0.3 is 0 Å². The van der Waals surface area contributed by atoms with Crippen molar-refractivity contribution in [3.8, 4) is 6.07 Å². The van der Waals surface area contributed by atoms with Crippen molar-refractivity contribution in [1.82, 2.24) is 19.5 Å². The molecule has 0 radical (unpaired) electrons. The van der Waals surface area contributed by atoms with Crippen molar-refractivity contribution in [1.29, 1.82) is 5.26 Å². The highest BCUT2D eigenvalue weighted by molar-refractivity contribution is 5.85. The summed E-state index contributed by atoms with van der Waals surface area (Å²) in [6, 6.07) is 3.01. The SMILES string of the molecule is CC(C)c1cn(C[C@H]2C[C@H]3C[C@@H]2CN3)c2c(C#N)c(C3CC3)nn2c1=O.Cl. The summed E-state index contributed by atoms with van der Waals surface area (Å²) < 4.78 is 3.69. The molecule has 0 amide bonds. The third-order valence-corrected chi connectivity index (χ3v) is 6.53. The number of halogens is 1. The molecule has 3 atom stereocenters. The first-order valence-corrected chi connectivity index (χ1v) is 9.86. The van der Waals surface area contributed by atoms with Gasteiger partial charge in [-0.3, -0.25) is 4.79 Å². The largest absolute Gasteiger partial charge is 0.331 e. The average molecular weight is 388 g/mol. The Labute approximate surface area is 165 Å². The molecule has 0 aromatic carbocycles. The number of piperidine rings is 1. The van der Waals surface area contributed by atoms with E-state index in [1.54, 1.807) is 0 Å². The Bertz CT molecular complexity index is 981. The van der Waals surface area contributed by atoms with Crippen LogP contribution in [0.4, 0.5) is 0 Å². The molecule has 2 saturated carbocycles. The van der Waals surface area contributed by atoms with Gasteiger partial charge in [0.25, 0.3) is 5.56 Å². The van der Waals surface area contributed by atoms with Gasteiger partial charge in [-0.1, -0.05) is 13.8 Å². The fourth-order valence-corrected chi connectivity index (χ4v) is 4.95. The molecular formula is C20H26ClN5O. The number of nitrogens with zero attached hydrogens (tertiary/aromatic N) is 4. The summed E-state index contributed by atoms with van der Waals surface area (Å²) in [6.45, 7) is 6.06. The highest BCUT2D eigenvalue weighted by Gasteiger charge is 2.40. The summed E-state index contributed by atoms with van der Waals surface area (Å²) in [6.07, 6.45) is 6.59. The summed E-state index contributed by atoms with van der Waals surface area (Å²) in [5, 5.41) is 18.0. The molecule has 144 valence electrons. The van der Waals surface area contributed by atoms with Crippen LogP contribution in [0, 0.1) is 23.2 Å². The molecule has 0 spiro atoms. The molecule has 7 heteroatoms. The molecule has 2 aromatic heterocycles. The second kappa shape index (κ2) is 6.65. The van der Waals surface area contributed by atoms with Crippen LogP contribution in [0.3, 0.4) is 0 Å². The van der Waals surface area contributed by atoms with Crippen LogP contribution in [0.15, 0.2) is 11.0 Å². The predicted octanol–water partition coefficient (Wildman–Crippen LogP) is 2.79. The minimum atomic E-state index is -0.0655. The normalized spacial score (nSPS) is 26.5. The van der Waals surface area contributed by atoms with E-state index in [0.29, 0.717) is 35.0 Å². The van der Waals surface area contributed by atoms with E-state index in [4.69, 9.17) is 0 Å². The quantitative estimate of drug-likeness (QED) is 0.875. The number of nitriles is 1. The van der Waals surface area contributed by atoms with Crippen LogP contribution in [0.1, 0.15) is 68.2 Å². The van der Waals surface area contributed by atoms with Crippen molar-refractivity contribution in [3.63, 3.8) is 0 Å². The molecule has 2 aromatic rings. The third kappa shape index (κ3) is 2.88. The zero-order valence-electron chi connectivity index (χ0n) is 15.8. The molecule has 6 nitrogen and oxygen atoms in total. The zero-order valence-corrected chi connectivity index (χ0v) is 16.6. The summed E-state index contributed by atoms with van der Waals surface area (Å²) in [4.78, 5) is 13.0. The highest BCUT2D eigenvalue weighted by atomic mass is 35.5. The maximum absolute atomic E-state index is 13.0. The standard InChI is InChI=1S/C20H25N5O.ClH/c1-11(2)17-10-24(9-14-6-15-5-13(14)8-22-15)19-16(7-21)18(12-3-4-12)23-25(19)20(17)26;/h10-15,22H,3-6,8-9H2,1-2H3;1H/t13-,14-,15-;/m1./s1. The molecule has 3 heterocycles. The molecule has 1 N–H and O–H groups in total. The fourth-order valence-electron chi connectivity index (χ4n) is 4.95. The van der Waals surface area contributed by atoms with Crippen LogP contribution in [0.25, 0.3) is 5.65 Å². The van der Waals surface area contributed by atoms with Crippen molar-refractivity contribution >= 4 is 18.1 Å². The van der Waals surface area contributed by atoms with Gasteiger partial charge < -0.3 is 9.88 Å². The van der Waals surface area contributed by atoms with Crippen LogP contribution in [-0.4, -0.2) is 26.8 Å². The van der Waals surface area contributed by atoms with Gasteiger partial charge in [-0.05, 0) is 50.0 Å². The van der Waals surface area contributed by atoms with E-state index in [9.17, 15) is 10.1 Å². The van der Waals surface area contributed by atoms with Crippen LogP contribution in [0.5, 0.6) is 0 Å². The van der Waals surface area contributed by atoms with E-state index in [1.165, 1.54) is 17.4 Å². The first-order chi connectivity index (χ1) is 12.6. The molecule has 2 bridgehead atoms. The summed E-state index contributed by atoms with van der Waals surface area (Å²) in [5.41, 5.74) is 2.87. The Morgan fingerprint density at radius 1 is 1.37 bits per heavy atom. The maximum Gasteiger partial charge on any atom is 0.277 e. The molecule has 27 heavy (non-hydrogen) atoms. The van der Waals surface area contributed by atoms with Gasteiger partial charge in [-0.15, -0.1) is 12.4 Å². The lowest BCUT2D eigenvalue weighted by molar-refractivity contribution is 0.311. The van der Waals surface area contributed by atoms with E-state index >= 15 is 0 Å². The maximum atomic E-state index is 13.0. The second-order valence-corrected chi connectivity index (χ2v) is 8.68. The topological polar surface area (TPSA) is 75.1 Å². The Balaban J connectivity index is 0.00000180. The fraction of sp³-hybridized carbons (Fsp3) is 0.650. The Kier molecular flexibility index (Phi) is 4.56. The van der Waals surface area contributed by atoms with E-state index in [0.717, 1.165) is 37.2 Å². The predicted molar refractivity (Wildman–Crippen MR) is 105 cm³/mol. The molecule has 2 aliphatic carbocycles. The number of rotatable bonds is 4. The van der Waals surface area contributed by atoms with Crippen molar-refractivity contribution < 1.29 is 0 Å². The summed E-state index contributed by atoms with van der Waals surface area (Å²) >= 11 is 0. The van der Waals surface area contributed by atoms with Gasteiger partial charge in [0, 0.05) is 30.3 Å². The lowest BCUT2D eigenvalue weighted by Crippen LogP contribution is -2.32. The van der Waals surface area contributed by atoms with Crippen molar-refractivity contribution in [2.45, 2.75) is 64.0 Å². The first-order valence-electron chi connectivity index (χ1n) is 9.86. The van der Waals surface area contributed by atoms with Crippen LogP contribution < -0.4 is 10.9 Å². The molecule has 0 unspecified atom stereocenters. The average Bonchev–Trinajstić information content (AvgIpc) is 3.08. The number of hydrogen-bond acceptors (Lipinski definition) is 4. The van der Waals surface area contributed by atoms with Crippen LogP contribution >= 0.6 is 12.4 Å². The van der Waals surface area contributed by atoms with Gasteiger partial charge in [-0.2, -0.15) is 14.9 Å². The van der Waals surface area contributed by atoms with Gasteiger partial charge in [0.1, 0.15) is 11.6 Å². The van der Waals surface area contributed by atoms with E-state index in [-0.39, 0.29) is 23.9 Å². The third-order valence-electron chi connectivity index (χ3n) is 6.53. The van der Waals surface area contributed by atoms with E-state index in [1.807, 2.05) is 20.0 Å². The Morgan fingerprint density at radius 2 is 2.15 bits per heavy atom. The first kappa shape index (κ1) is 18.5. The Hall–Kier alpha value is -1.84. The van der Waals surface area contributed by atoms with Gasteiger partial charge in [-0.25, -0.2) is 0 Å². The number of hydrogen-bond donors (Lipinski definition) is 1. The molecule has 1 saturated heterocycles. The number of nitrogens with one attached hydrogen (secondary N) is 1. The molecule has 3 aliphatic rings. The summed E-state index contributed by atoms with van der Waals surface area (Å²) in [7, 11) is 0. The molecule has 1 aliphatic heterocycles. The lowest BCUT2D eigenvalue weighted by atomic mass is 9.95. The van der Waals surface area contributed by atoms with E-state index < -0.39 is 0 Å². The van der Waals surface area contributed by atoms with Crippen molar-refractivity contribution in [2.24, 2.45) is 11.8 Å². The molecular weight excluding hydrogens is 362 g/mol. The smallest absolute Gasteiger partial charge is 0.277 e. The zero-order chi connectivity index (χ0) is 18.0. The molecule has 3 fully saturated rings. The second-order valence-electron chi connectivity index (χ2n) is 8.68. The monoisotopic (exact) mass is 387 g/mol. The lowest BCUT2D eigenvalue weighted by Gasteiger charge is -2.24. The minimum Gasteiger partial charge on any atom is -0.331 e. The van der Waals surface area contributed by atoms with Crippen LogP contribution in [-0.2, 0) is 6.54 Å². The number of fused-ring (bicyclic) bond motifs is 3. The number of aromatic nitrogens is 3. The van der Waals surface area contributed by atoms with Crippen molar-refractivity contribution in [2.75, 3.05) is 6.54 Å². The minimum absolute atomic E-state index is 0. The Morgan fingerprint density at radius 3 is 2.70 bits per heavy atom.